The lowest BCUT2D eigenvalue weighted by atomic mass is 9.98. The smallest absolute Gasteiger partial charge is 0.335 e. The van der Waals surface area contributed by atoms with Gasteiger partial charge in [-0.25, -0.2) is 4.79 Å². The number of aliphatic hydroxyl groups excluding tert-OH is 2. The summed E-state index contributed by atoms with van der Waals surface area (Å²) in [7, 11) is 0. The van der Waals surface area contributed by atoms with Crippen molar-refractivity contribution in [1.29, 1.82) is 0 Å². The van der Waals surface area contributed by atoms with Gasteiger partial charge in [-0.1, -0.05) is 245 Å². The molecule has 6 atom stereocenters. The van der Waals surface area contributed by atoms with E-state index in [9.17, 15) is 34.5 Å². The van der Waals surface area contributed by atoms with Crippen molar-refractivity contribution in [3.63, 3.8) is 0 Å². The molecule has 0 bridgehead atoms. The molecule has 0 aromatic rings. The average Bonchev–Trinajstić information content (AvgIpc) is 3.35. The van der Waals surface area contributed by atoms with Gasteiger partial charge in [0.15, 0.2) is 24.6 Å². The van der Waals surface area contributed by atoms with Crippen molar-refractivity contribution >= 4 is 23.9 Å². The van der Waals surface area contributed by atoms with Gasteiger partial charge in [0.1, 0.15) is 18.8 Å². The molecule has 0 aromatic heterocycles. The molecule has 0 saturated carbocycles. The van der Waals surface area contributed by atoms with Gasteiger partial charge >= 0.3 is 23.9 Å². The van der Waals surface area contributed by atoms with E-state index in [1.165, 1.54) is 154 Å². The molecule has 1 fully saturated rings. The fraction of sp³-hybridized carbons (Fsp3) is 0.898. The number of aliphatic carboxylic acids is 1. The van der Waals surface area contributed by atoms with Crippen LogP contribution >= 0.6 is 0 Å². The second-order valence-electron chi connectivity index (χ2n) is 20.6. The van der Waals surface area contributed by atoms with Crippen molar-refractivity contribution in [3.05, 3.63) is 12.2 Å². The van der Waals surface area contributed by atoms with E-state index in [4.69, 9.17) is 23.7 Å². The summed E-state index contributed by atoms with van der Waals surface area (Å²) in [5.41, 5.74) is 0. The highest BCUT2D eigenvalue weighted by molar-refractivity contribution is 5.74. The summed E-state index contributed by atoms with van der Waals surface area (Å²) in [5.74, 6) is -3.09. The fourth-order valence-electron chi connectivity index (χ4n) is 9.23. The molecule has 6 unspecified atom stereocenters. The fourth-order valence-corrected chi connectivity index (χ4v) is 9.23. The number of hydrogen-bond acceptors (Lipinski definition) is 11. The Morgan fingerprint density at radius 3 is 1.24 bits per heavy atom. The lowest BCUT2D eigenvalue weighted by molar-refractivity contribution is -0.301. The lowest BCUT2D eigenvalue weighted by Crippen LogP contribution is -2.61. The van der Waals surface area contributed by atoms with E-state index in [0.717, 1.165) is 77.0 Å². The van der Waals surface area contributed by atoms with Gasteiger partial charge in [-0.05, 0) is 38.5 Å². The van der Waals surface area contributed by atoms with Crippen LogP contribution in [-0.2, 0) is 42.9 Å². The Morgan fingerprint density at radius 2 is 0.817 bits per heavy atom. The van der Waals surface area contributed by atoms with Gasteiger partial charge in [0.2, 0.25) is 0 Å². The first-order chi connectivity index (χ1) is 34.6. The molecule has 0 radical (unpaired) electrons. The van der Waals surface area contributed by atoms with Crippen molar-refractivity contribution in [2.75, 3.05) is 13.2 Å². The molecule has 1 aliphatic heterocycles. The normalized spacial score (nSPS) is 18.5. The molecule has 12 nitrogen and oxygen atoms in total. The quantitative estimate of drug-likeness (QED) is 0.0228. The third kappa shape index (κ3) is 38.7. The number of carboxylic acid groups (broad SMARTS) is 1. The molecular formula is C59H108O12. The van der Waals surface area contributed by atoms with E-state index in [2.05, 4.69) is 32.9 Å². The number of carboxylic acids is 1. The number of rotatable bonds is 51. The summed E-state index contributed by atoms with van der Waals surface area (Å²) >= 11 is 0. The van der Waals surface area contributed by atoms with E-state index in [-0.39, 0.29) is 25.9 Å². The van der Waals surface area contributed by atoms with E-state index in [0.29, 0.717) is 19.3 Å². The maximum atomic E-state index is 13.1. The molecule has 3 N–H and O–H groups in total. The summed E-state index contributed by atoms with van der Waals surface area (Å²) in [6.45, 7) is 5.97. The van der Waals surface area contributed by atoms with Crippen molar-refractivity contribution in [2.45, 2.75) is 327 Å². The van der Waals surface area contributed by atoms with Crippen molar-refractivity contribution in [1.82, 2.24) is 0 Å². The number of allylic oxidation sites excluding steroid dienone is 2. The molecule has 0 amide bonds. The Bertz CT molecular complexity index is 1290. The first kappa shape index (κ1) is 66.5. The van der Waals surface area contributed by atoms with Gasteiger partial charge in [0.05, 0.1) is 6.61 Å². The zero-order valence-electron chi connectivity index (χ0n) is 45.7. The number of aliphatic hydroxyl groups is 2. The van der Waals surface area contributed by atoms with Gasteiger partial charge in [0.25, 0.3) is 0 Å². The first-order valence-corrected chi connectivity index (χ1v) is 29.7. The maximum absolute atomic E-state index is 13.1. The van der Waals surface area contributed by atoms with Crippen LogP contribution in [0, 0.1) is 0 Å². The molecule has 1 aliphatic rings. The molecular weight excluding hydrogens is 901 g/mol. The number of ether oxygens (including phenoxy) is 5. The van der Waals surface area contributed by atoms with Crippen molar-refractivity contribution in [2.24, 2.45) is 0 Å². The monoisotopic (exact) mass is 1010 g/mol. The molecule has 0 spiro atoms. The molecule has 12 heteroatoms. The summed E-state index contributed by atoms with van der Waals surface area (Å²) < 4.78 is 28.4. The standard InChI is InChI=1S/C59H108O12/c1-4-7-10-13-16-19-22-24-25-26-27-29-32-35-38-41-44-47-53(62)70-57-55(64)54(63)56(58(65)66)71-59(57)68-49-50(69-52(61)46-43-40-37-34-30-21-18-15-12-9-6-3)48-67-51(60)45-42-39-36-33-31-28-23-20-17-14-11-8-5-2/h15,18,50,54-57,59,63-64H,4-14,16-17,19-49H2,1-3H3,(H,65,66)/b18-15-. The van der Waals surface area contributed by atoms with Crippen LogP contribution in [0.3, 0.4) is 0 Å². The largest absolute Gasteiger partial charge is 0.479 e. The zero-order chi connectivity index (χ0) is 51.8. The summed E-state index contributed by atoms with van der Waals surface area (Å²) in [4.78, 5) is 51.0. The van der Waals surface area contributed by atoms with Crippen molar-refractivity contribution in [3.8, 4) is 0 Å². The summed E-state index contributed by atoms with van der Waals surface area (Å²) in [6.07, 6.45) is 40.4. The zero-order valence-corrected chi connectivity index (χ0v) is 45.7. The molecule has 416 valence electrons. The van der Waals surface area contributed by atoms with Gasteiger partial charge in [-0.3, -0.25) is 14.4 Å². The summed E-state index contributed by atoms with van der Waals surface area (Å²) in [5, 5.41) is 31.4. The van der Waals surface area contributed by atoms with E-state index >= 15 is 0 Å². The van der Waals surface area contributed by atoms with E-state index < -0.39 is 67.3 Å². The van der Waals surface area contributed by atoms with Gasteiger partial charge in [0, 0.05) is 19.3 Å². The van der Waals surface area contributed by atoms with Crippen LogP contribution in [0.25, 0.3) is 0 Å². The van der Waals surface area contributed by atoms with E-state index in [1.54, 1.807) is 0 Å². The molecule has 0 aliphatic carbocycles. The topological polar surface area (TPSA) is 175 Å². The minimum Gasteiger partial charge on any atom is -0.479 e. The average molecular weight is 1010 g/mol. The molecule has 0 aromatic carbocycles. The van der Waals surface area contributed by atoms with E-state index in [1.807, 2.05) is 0 Å². The first-order valence-electron chi connectivity index (χ1n) is 29.7. The van der Waals surface area contributed by atoms with Crippen LogP contribution in [0.5, 0.6) is 0 Å². The number of unbranched alkanes of at least 4 members (excludes halogenated alkanes) is 35. The van der Waals surface area contributed by atoms with Crippen LogP contribution in [0.15, 0.2) is 12.2 Å². The Morgan fingerprint density at radius 1 is 0.451 bits per heavy atom. The molecule has 1 rings (SSSR count). The highest BCUT2D eigenvalue weighted by Gasteiger charge is 2.50. The predicted octanol–water partition coefficient (Wildman–Crippen LogP) is 14.9. The van der Waals surface area contributed by atoms with Crippen LogP contribution in [0.2, 0.25) is 0 Å². The number of carbonyl (C=O) groups excluding carboxylic acids is 3. The predicted molar refractivity (Wildman–Crippen MR) is 285 cm³/mol. The Balaban J connectivity index is 2.65. The minimum atomic E-state index is -1.90. The second-order valence-corrected chi connectivity index (χ2v) is 20.6. The Hall–Kier alpha value is -2.54. The van der Waals surface area contributed by atoms with Gasteiger partial charge < -0.3 is 39.0 Å². The molecule has 1 saturated heterocycles. The highest BCUT2D eigenvalue weighted by atomic mass is 16.7. The lowest BCUT2D eigenvalue weighted by Gasteiger charge is -2.40. The molecule has 71 heavy (non-hydrogen) atoms. The van der Waals surface area contributed by atoms with Crippen molar-refractivity contribution < 1.29 is 58.2 Å². The maximum Gasteiger partial charge on any atom is 0.335 e. The van der Waals surface area contributed by atoms with Gasteiger partial charge in [-0.15, -0.1) is 0 Å². The van der Waals surface area contributed by atoms with Crippen LogP contribution in [0.1, 0.15) is 290 Å². The van der Waals surface area contributed by atoms with Crippen LogP contribution in [-0.4, -0.2) is 89.2 Å². The molecule has 1 heterocycles. The Labute approximate surface area is 433 Å². The third-order valence-corrected chi connectivity index (χ3v) is 13.8. The van der Waals surface area contributed by atoms with Crippen LogP contribution < -0.4 is 0 Å². The van der Waals surface area contributed by atoms with Gasteiger partial charge in [-0.2, -0.15) is 0 Å². The Kier molecular flexibility index (Phi) is 45.3. The number of esters is 3. The minimum absolute atomic E-state index is 0.0680. The SMILES string of the molecule is CCCC/C=C\CCCCCCCC(=O)OC(COC(=O)CCCCCCCCCCCCCCC)COC1OC(C(=O)O)C(O)C(O)C1OC(=O)CCCCCCCCCCCCCCCCCCC. The highest BCUT2D eigenvalue weighted by Crippen LogP contribution is 2.27. The number of carbonyl (C=O) groups is 4. The van der Waals surface area contributed by atoms with Crippen LogP contribution in [0.4, 0.5) is 0 Å². The second kappa shape index (κ2) is 48.4. The number of hydrogen-bond donors (Lipinski definition) is 3. The third-order valence-electron chi connectivity index (χ3n) is 13.8. The summed E-state index contributed by atoms with van der Waals surface area (Å²) in [6, 6.07) is 0.